The number of benzene rings is 2. The van der Waals surface area contributed by atoms with E-state index in [1.165, 1.54) is 22.6 Å². The summed E-state index contributed by atoms with van der Waals surface area (Å²) < 4.78 is 3.09. The van der Waals surface area contributed by atoms with E-state index in [1.807, 2.05) is 60.7 Å². The van der Waals surface area contributed by atoms with Crippen LogP contribution in [0.15, 0.2) is 72.0 Å². The SMILES string of the molecule is N#Cc1cnn(-c2ccccc2)c1NC(=O)CSc1nnnn1-c1ccccc1. The number of nitrogens with zero attached hydrogens (tertiary/aromatic N) is 7. The van der Waals surface area contributed by atoms with Gasteiger partial charge in [0.1, 0.15) is 11.6 Å². The maximum Gasteiger partial charge on any atom is 0.236 e. The van der Waals surface area contributed by atoms with Gasteiger partial charge in [0.15, 0.2) is 5.82 Å². The first-order valence-corrected chi connectivity index (χ1v) is 9.55. The average Bonchev–Trinajstić information content (AvgIpc) is 3.40. The Balaban J connectivity index is 1.49. The molecular weight excluding hydrogens is 388 g/mol. The number of nitrogens with one attached hydrogen (secondary N) is 1. The molecule has 2 heterocycles. The number of carbonyl (C=O) groups is 1. The fourth-order valence-corrected chi connectivity index (χ4v) is 3.30. The molecule has 0 aliphatic rings. The van der Waals surface area contributed by atoms with Crippen molar-refractivity contribution in [1.29, 1.82) is 5.26 Å². The second-order valence-corrected chi connectivity index (χ2v) is 6.75. The summed E-state index contributed by atoms with van der Waals surface area (Å²) in [6, 6.07) is 20.7. The summed E-state index contributed by atoms with van der Waals surface area (Å²) in [5.41, 5.74) is 1.82. The molecule has 29 heavy (non-hydrogen) atoms. The monoisotopic (exact) mass is 402 g/mol. The van der Waals surface area contributed by atoms with Crippen molar-refractivity contribution in [3.63, 3.8) is 0 Å². The Kier molecular flexibility index (Phi) is 5.31. The average molecular weight is 402 g/mol. The number of nitriles is 1. The van der Waals surface area contributed by atoms with Crippen molar-refractivity contribution in [2.75, 3.05) is 11.1 Å². The highest BCUT2D eigenvalue weighted by molar-refractivity contribution is 7.99. The quantitative estimate of drug-likeness (QED) is 0.493. The third kappa shape index (κ3) is 3.99. The van der Waals surface area contributed by atoms with Crippen LogP contribution in [0.2, 0.25) is 0 Å². The maximum atomic E-state index is 12.5. The highest BCUT2D eigenvalue weighted by Crippen LogP contribution is 2.21. The van der Waals surface area contributed by atoms with Crippen LogP contribution in [0.5, 0.6) is 0 Å². The van der Waals surface area contributed by atoms with Crippen molar-refractivity contribution in [3.8, 4) is 17.4 Å². The standard InChI is InChI=1S/C19H14N8OS/c20-11-14-12-21-26(15-7-3-1-4-8-15)18(14)22-17(28)13-29-19-23-24-25-27(19)16-9-5-2-6-10-16/h1-10,12H,13H2,(H,22,28). The zero-order valence-electron chi connectivity index (χ0n) is 15.0. The Bertz CT molecular complexity index is 1160. The molecule has 0 unspecified atom stereocenters. The van der Waals surface area contributed by atoms with Gasteiger partial charge in [-0.2, -0.15) is 15.0 Å². The number of aromatic nitrogens is 6. The van der Waals surface area contributed by atoms with E-state index in [9.17, 15) is 10.1 Å². The van der Waals surface area contributed by atoms with Gasteiger partial charge in [-0.1, -0.05) is 48.2 Å². The molecule has 10 heteroatoms. The number of tetrazole rings is 1. The molecule has 2 aromatic heterocycles. The van der Waals surface area contributed by atoms with Crippen molar-refractivity contribution in [2.45, 2.75) is 5.16 Å². The maximum absolute atomic E-state index is 12.5. The van der Waals surface area contributed by atoms with Gasteiger partial charge in [-0.25, -0.2) is 4.68 Å². The van der Waals surface area contributed by atoms with Gasteiger partial charge in [-0.15, -0.1) is 5.10 Å². The molecule has 0 aliphatic carbocycles. The molecule has 2 aromatic carbocycles. The number of hydrogen-bond donors (Lipinski definition) is 1. The highest BCUT2D eigenvalue weighted by atomic mass is 32.2. The summed E-state index contributed by atoms with van der Waals surface area (Å²) in [7, 11) is 0. The van der Waals surface area contributed by atoms with Crippen molar-refractivity contribution in [3.05, 3.63) is 72.4 Å². The molecule has 4 rings (SSSR count). The predicted molar refractivity (Wildman–Crippen MR) is 107 cm³/mol. The van der Waals surface area contributed by atoms with Crippen LogP contribution in [0.4, 0.5) is 5.82 Å². The zero-order valence-corrected chi connectivity index (χ0v) is 15.8. The van der Waals surface area contributed by atoms with E-state index in [4.69, 9.17) is 0 Å². The lowest BCUT2D eigenvalue weighted by Gasteiger charge is -2.09. The fraction of sp³-hybridized carbons (Fsp3) is 0.0526. The van der Waals surface area contributed by atoms with E-state index in [2.05, 4.69) is 32.0 Å². The Morgan fingerprint density at radius 3 is 2.34 bits per heavy atom. The van der Waals surface area contributed by atoms with Crippen LogP contribution >= 0.6 is 11.8 Å². The molecule has 0 saturated heterocycles. The van der Waals surface area contributed by atoms with Crippen molar-refractivity contribution in [2.24, 2.45) is 0 Å². The third-order valence-electron chi connectivity index (χ3n) is 3.92. The van der Waals surface area contributed by atoms with E-state index in [1.54, 1.807) is 4.68 Å². The summed E-state index contributed by atoms with van der Waals surface area (Å²) in [6.07, 6.45) is 1.42. The van der Waals surface area contributed by atoms with Gasteiger partial charge in [0.25, 0.3) is 0 Å². The molecule has 4 aromatic rings. The lowest BCUT2D eigenvalue weighted by molar-refractivity contribution is -0.113. The van der Waals surface area contributed by atoms with Crippen molar-refractivity contribution in [1.82, 2.24) is 30.0 Å². The van der Waals surface area contributed by atoms with Gasteiger partial charge in [0.2, 0.25) is 11.1 Å². The molecule has 1 amide bonds. The highest BCUT2D eigenvalue weighted by Gasteiger charge is 2.17. The minimum absolute atomic E-state index is 0.0675. The van der Waals surface area contributed by atoms with Crippen molar-refractivity contribution >= 4 is 23.5 Å². The zero-order chi connectivity index (χ0) is 20.1. The van der Waals surface area contributed by atoms with Gasteiger partial charge in [-0.05, 0) is 34.7 Å². The molecule has 0 atom stereocenters. The Labute approximate surface area is 170 Å². The summed E-state index contributed by atoms with van der Waals surface area (Å²) in [4.78, 5) is 12.5. The molecule has 0 aliphatic heterocycles. The number of thioether (sulfide) groups is 1. The first-order chi connectivity index (χ1) is 14.3. The summed E-state index contributed by atoms with van der Waals surface area (Å²) in [5, 5.41) is 28.4. The fourth-order valence-electron chi connectivity index (χ4n) is 2.61. The number of rotatable bonds is 6. The van der Waals surface area contributed by atoms with Gasteiger partial charge < -0.3 is 5.32 Å². The molecule has 0 bridgehead atoms. The first kappa shape index (κ1) is 18.4. The third-order valence-corrected chi connectivity index (χ3v) is 4.84. The van der Waals surface area contributed by atoms with Crippen LogP contribution in [0.1, 0.15) is 5.56 Å². The number of anilines is 1. The van der Waals surface area contributed by atoms with E-state index < -0.39 is 0 Å². The number of para-hydroxylation sites is 2. The van der Waals surface area contributed by atoms with Crippen LogP contribution in [0.3, 0.4) is 0 Å². The molecule has 9 nitrogen and oxygen atoms in total. The smallest absolute Gasteiger partial charge is 0.236 e. The van der Waals surface area contributed by atoms with E-state index in [-0.39, 0.29) is 17.2 Å². The molecule has 1 N–H and O–H groups in total. The number of amides is 1. The van der Waals surface area contributed by atoms with Gasteiger partial charge in [-0.3, -0.25) is 4.79 Å². The lowest BCUT2D eigenvalue weighted by atomic mass is 10.3. The second kappa shape index (κ2) is 8.37. The van der Waals surface area contributed by atoms with Gasteiger partial charge in [0, 0.05) is 0 Å². The molecule has 0 saturated carbocycles. The minimum Gasteiger partial charge on any atom is -0.309 e. The molecular formula is C19H14N8OS. The Morgan fingerprint density at radius 2 is 1.69 bits per heavy atom. The number of carbonyl (C=O) groups excluding carboxylic acids is 1. The topological polar surface area (TPSA) is 114 Å². The van der Waals surface area contributed by atoms with Crippen LogP contribution in [0.25, 0.3) is 11.4 Å². The minimum atomic E-state index is -0.299. The molecule has 0 spiro atoms. The van der Waals surface area contributed by atoms with E-state index in [0.29, 0.717) is 11.0 Å². The van der Waals surface area contributed by atoms with Gasteiger partial charge in [0.05, 0.1) is 23.3 Å². The second-order valence-electron chi connectivity index (χ2n) is 5.81. The summed E-state index contributed by atoms with van der Waals surface area (Å²) in [6.45, 7) is 0. The summed E-state index contributed by atoms with van der Waals surface area (Å²) >= 11 is 1.20. The lowest BCUT2D eigenvalue weighted by Crippen LogP contribution is -2.18. The Morgan fingerprint density at radius 1 is 1.03 bits per heavy atom. The number of hydrogen-bond acceptors (Lipinski definition) is 7. The van der Waals surface area contributed by atoms with Crippen molar-refractivity contribution < 1.29 is 4.79 Å². The first-order valence-electron chi connectivity index (χ1n) is 8.56. The predicted octanol–water partition coefficient (Wildman–Crippen LogP) is 2.45. The van der Waals surface area contributed by atoms with E-state index in [0.717, 1.165) is 11.4 Å². The van der Waals surface area contributed by atoms with Crippen LogP contribution in [-0.2, 0) is 4.79 Å². The largest absolute Gasteiger partial charge is 0.309 e. The normalized spacial score (nSPS) is 10.4. The molecule has 142 valence electrons. The van der Waals surface area contributed by atoms with E-state index >= 15 is 0 Å². The van der Waals surface area contributed by atoms with Gasteiger partial charge >= 0.3 is 0 Å². The summed E-state index contributed by atoms with van der Waals surface area (Å²) in [5.74, 6) is 0.0941. The van der Waals surface area contributed by atoms with Crippen LogP contribution in [-0.4, -0.2) is 41.6 Å². The van der Waals surface area contributed by atoms with Crippen LogP contribution in [0, 0.1) is 11.3 Å². The Hall–Kier alpha value is -3.97. The van der Waals surface area contributed by atoms with Crippen LogP contribution < -0.4 is 5.32 Å². The molecule has 0 fully saturated rings. The molecule has 0 radical (unpaired) electrons.